The second-order valence-corrected chi connectivity index (χ2v) is 5.68. The van der Waals surface area contributed by atoms with Crippen LogP contribution in [0.2, 0.25) is 0 Å². The maximum absolute atomic E-state index is 6.27. The van der Waals surface area contributed by atoms with Crippen molar-refractivity contribution in [3.63, 3.8) is 0 Å². The molecule has 23 heavy (non-hydrogen) atoms. The van der Waals surface area contributed by atoms with Gasteiger partial charge in [-0.05, 0) is 25.0 Å². The Labute approximate surface area is 134 Å². The van der Waals surface area contributed by atoms with E-state index in [1.807, 2.05) is 29.1 Å². The Morgan fingerprint density at radius 1 is 1.13 bits per heavy atom. The Hall–Kier alpha value is -2.67. The zero-order chi connectivity index (χ0) is 15.6. The van der Waals surface area contributed by atoms with Crippen LogP contribution in [-0.2, 0) is 0 Å². The van der Waals surface area contributed by atoms with Gasteiger partial charge >= 0.3 is 0 Å². The van der Waals surface area contributed by atoms with Crippen LogP contribution in [0.15, 0.2) is 36.9 Å². The number of hydrazine groups is 1. The highest BCUT2D eigenvalue weighted by Gasteiger charge is 2.18. The van der Waals surface area contributed by atoms with E-state index in [2.05, 4.69) is 25.5 Å². The van der Waals surface area contributed by atoms with Crippen LogP contribution in [-0.4, -0.2) is 32.8 Å². The zero-order valence-corrected chi connectivity index (χ0v) is 12.8. The number of anilines is 2. The van der Waals surface area contributed by atoms with Crippen molar-refractivity contribution < 1.29 is 0 Å². The molecule has 1 fully saturated rings. The molecule has 3 N–H and O–H groups in total. The van der Waals surface area contributed by atoms with Gasteiger partial charge in [-0.15, -0.1) is 0 Å². The largest absolute Gasteiger partial charge is 0.397 e. The minimum absolute atomic E-state index is 0.745. The molecule has 0 amide bonds. The summed E-state index contributed by atoms with van der Waals surface area (Å²) in [6, 6.07) is 5.76. The molecule has 1 aromatic carbocycles. The molecule has 0 atom stereocenters. The number of nitrogen functional groups attached to an aromatic ring is 1. The van der Waals surface area contributed by atoms with Crippen LogP contribution in [0.5, 0.6) is 0 Å². The number of hydrogen-bond acceptors (Lipinski definition) is 6. The summed E-state index contributed by atoms with van der Waals surface area (Å²) < 4.78 is 1.82. The lowest BCUT2D eigenvalue weighted by Crippen LogP contribution is -2.38. The molecule has 3 heterocycles. The standard InChI is InChI=1S/C16H19N7/c17-13-4-5-14-12(16(13)22-9-3-1-2-7-20-22)10-21-23(14)15-6-8-18-11-19-15/h4-6,8,10-11,20H,1-3,7,9,17H2. The first-order valence-corrected chi connectivity index (χ1v) is 7.88. The smallest absolute Gasteiger partial charge is 0.157 e. The molecule has 1 saturated heterocycles. The number of nitrogens with two attached hydrogens (primary N) is 1. The van der Waals surface area contributed by atoms with E-state index in [4.69, 9.17) is 5.73 Å². The summed E-state index contributed by atoms with van der Waals surface area (Å²) >= 11 is 0. The minimum atomic E-state index is 0.745. The highest BCUT2D eigenvalue weighted by Crippen LogP contribution is 2.33. The molecule has 0 bridgehead atoms. The molecular formula is C16H19N7. The van der Waals surface area contributed by atoms with Crippen molar-refractivity contribution in [3.05, 3.63) is 36.9 Å². The van der Waals surface area contributed by atoms with E-state index in [0.717, 1.165) is 47.6 Å². The fraction of sp³-hybridized carbons (Fsp3) is 0.312. The lowest BCUT2D eigenvalue weighted by atomic mass is 10.1. The Morgan fingerprint density at radius 3 is 2.96 bits per heavy atom. The first-order valence-electron chi connectivity index (χ1n) is 7.88. The van der Waals surface area contributed by atoms with E-state index in [1.165, 1.54) is 19.2 Å². The summed E-state index contributed by atoms with van der Waals surface area (Å²) in [5.41, 5.74) is 12.5. The molecule has 1 aliphatic heterocycles. The Morgan fingerprint density at radius 2 is 2.09 bits per heavy atom. The molecule has 0 unspecified atom stereocenters. The second kappa shape index (κ2) is 5.85. The van der Waals surface area contributed by atoms with Gasteiger partial charge in [0.05, 0.1) is 23.1 Å². The van der Waals surface area contributed by atoms with Crippen molar-refractivity contribution >= 4 is 22.3 Å². The molecule has 7 heteroatoms. The fourth-order valence-electron chi connectivity index (χ4n) is 3.05. The Balaban J connectivity index is 1.85. The molecule has 0 saturated carbocycles. The summed E-state index contributed by atoms with van der Waals surface area (Å²) in [6.07, 6.45) is 8.67. The van der Waals surface area contributed by atoms with Crippen LogP contribution >= 0.6 is 0 Å². The molecule has 118 valence electrons. The van der Waals surface area contributed by atoms with Crippen LogP contribution in [0.4, 0.5) is 11.4 Å². The third kappa shape index (κ3) is 2.49. The average molecular weight is 309 g/mol. The van der Waals surface area contributed by atoms with E-state index >= 15 is 0 Å². The molecule has 4 rings (SSSR count). The molecule has 1 aliphatic rings. The van der Waals surface area contributed by atoms with Crippen molar-refractivity contribution in [2.45, 2.75) is 19.3 Å². The maximum atomic E-state index is 6.27. The zero-order valence-electron chi connectivity index (χ0n) is 12.8. The Kier molecular flexibility index (Phi) is 3.55. The summed E-state index contributed by atoms with van der Waals surface area (Å²) in [4.78, 5) is 8.24. The van der Waals surface area contributed by atoms with Crippen molar-refractivity contribution in [2.24, 2.45) is 0 Å². The number of nitrogens with one attached hydrogen (secondary N) is 1. The van der Waals surface area contributed by atoms with E-state index in [-0.39, 0.29) is 0 Å². The predicted molar refractivity (Wildman–Crippen MR) is 90.3 cm³/mol. The van der Waals surface area contributed by atoms with E-state index in [0.29, 0.717) is 0 Å². The molecule has 7 nitrogen and oxygen atoms in total. The molecule has 2 aromatic heterocycles. The number of rotatable bonds is 2. The minimum Gasteiger partial charge on any atom is -0.397 e. The lowest BCUT2D eigenvalue weighted by molar-refractivity contribution is 0.663. The molecule has 3 aromatic rings. The topological polar surface area (TPSA) is 84.9 Å². The highest BCUT2D eigenvalue weighted by molar-refractivity contribution is 5.98. The van der Waals surface area contributed by atoms with Crippen LogP contribution in [0.1, 0.15) is 19.3 Å². The van der Waals surface area contributed by atoms with Gasteiger partial charge in [-0.25, -0.2) is 20.1 Å². The number of benzene rings is 1. The molecule has 0 aliphatic carbocycles. The molecule has 0 spiro atoms. The van der Waals surface area contributed by atoms with Gasteiger partial charge in [-0.2, -0.15) is 5.10 Å². The summed E-state index contributed by atoms with van der Waals surface area (Å²) in [5, 5.41) is 7.69. The summed E-state index contributed by atoms with van der Waals surface area (Å²) in [6.45, 7) is 1.91. The first-order chi connectivity index (χ1) is 11.3. The van der Waals surface area contributed by atoms with Gasteiger partial charge in [0.2, 0.25) is 0 Å². The first kappa shape index (κ1) is 14.0. The maximum Gasteiger partial charge on any atom is 0.157 e. The summed E-state index contributed by atoms with van der Waals surface area (Å²) in [5.74, 6) is 0.745. The average Bonchev–Trinajstić information content (AvgIpc) is 2.82. The van der Waals surface area contributed by atoms with Gasteiger partial charge in [0.15, 0.2) is 5.82 Å². The van der Waals surface area contributed by atoms with Crippen molar-refractivity contribution in [2.75, 3.05) is 23.8 Å². The van der Waals surface area contributed by atoms with Crippen LogP contribution in [0, 0.1) is 0 Å². The molecular weight excluding hydrogens is 290 g/mol. The number of hydrogen-bond donors (Lipinski definition) is 2. The normalized spacial score (nSPS) is 15.7. The van der Waals surface area contributed by atoms with Gasteiger partial charge in [0, 0.05) is 30.7 Å². The third-order valence-corrected chi connectivity index (χ3v) is 4.17. The highest BCUT2D eigenvalue weighted by atomic mass is 15.5. The third-order valence-electron chi connectivity index (χ3n) is 4.17. The SMILES string of the molecule is Nc1ccc2c(cnn2-c2ccncn2)c1N1CCCCCN1. The van der Waals surface area contributed by atoms with Crippen LogP contribution in [0.3, 0.4) is 0 Å². The van der Waals surface area contributed by atoms with Crippen molar-refractivity contribution in [1.29, 1.82) is 0 Å². The van der Waals surface area contributed by atoms with E-state index in [1.54, 1.807) is 6.20 Å². The van der Waals surface area contributed by atoms with Crippen molar-refractivity contribution in [1.82, 2.24) is 25.2 Å². The lowest BCUT2D eigenvalue weighted by Gasteiger charge is -2.25. The Bertz CT molecular complexity index is 804. The van der Waals surface area contributed by atoms with Gasteiger partial charge in [-0.1, -0.05) is 6.42 Å². The summed E-state index contributed by atoms with van der Waals surface area (Å²) in [7, 11) is 0. The van der Waals surface area contributed by atoms with Crippen molar-refractivity contribution in [3.8, 4) is 5.82 Å². The van der Waals surface area contributed by atoms with Gasteiger partial charge in [-0.3, -0.25) is 0 Å². The van der Waals surface area contributed by atoms with Crippen LogP contribution < -0.4 is 16.2 Å². The van der Waals surface area contributed by atoms with Crippen LogP contribution in [0.25, 0.3) is 16.7 Å². The quantitative estimate of drug-likeness (QED) is 0.703. The monoisotopic (exact) mass is 309 g/mol. The van der Waals surface area contributed by atoms with E-state index < -0.39 is 0 Å². The number of nitrogens with zero attached hydrogens (tertiary/aromatic N) is 5. The molecule has 0 radical (unpaired) electrons. The number of fused-ring (bicyclic) bond motifs is 1. The van der Waals surface area contributed by atoms with Gasteiger partial charge < -0.3 is 10.7 Å². The van der Waals surface area contributed by atoms with Gasteiger partial charge in [0.1, 0.15) is 6.33 Å². The second-order valence-electron chi connectivity index (χ2n) is 5.68. The fourth-order valence-corrected chi connectivity index (χ4v) is 3.05. The van der Waals surface area contributed by atoms with E-state index in [9.17, 15) is 0 Å². The van der Waals surface area contributed by atoms with Gasteiger partial charge in [0.25, 0.3) is 0 Å². The predicted octanol–water partition coefficient (Wildman–Crippen LogP) is 1.89. The number of aromatic nitrogens is 4.